The molecule has 0 unspecified atom stereocenters. The predicted molar refractivity (Wildman–Crippen MR) is 245 cm³/mol. The van der Waals surface area contributed by atoms with E-state index >= 15 is 0 Å². The first kappa shape index (κ1) is 34.3. The van der Waals surface area contributed by atoms with E-state index in [1.807, 2.05) is 36.4 Å². The first-order valence-corrected chi connectivity index (χ1v) is 20.4. The number of hydrogen-bond donors (Lipinski definition) is 0. The summed E-state index contributed by atoms with van der Waals surface area (Å²) in [6.07, 6.45) is 0. The van der Waals surface area contributed by atoms with Crippen LogP contribution in [0, 0.1) is 0 Å². The van der Waals surface area contributed by atoms with Crippen LogP contribution < -0.4 is 0 Å². The Kier molecular flexibility index (Phi) is 7.51. The Morgan fingerprint density at radius 1 is 0.383 bits per heavy atom. The first-order valence-electron chi connectivity index (χ1n) is 20.4. The summed E-state index contributed by atoms with van der Waals surface area (Å²) >= 11 is 0. The topological polar surface area (TPSA) is 64.7 Å². The van der Waals surface area contributed by atoms with E-state index in [9.17, 15) is 0 Å². The van der Waals surface area contributed by atoms with Gasteiger partial charge in [-0.1, -0.05) is 166 Å². The molecule has 5 nitrogen and oxygen atoms in total. The molecule has 12 rings (SSSR count). The van der Waals surface area contributed by atoms with Crippen molar-refractivity contribution in [1.82, 2.24) is 19.9 Å². The zero-order chi connectivity index (χ0) is 40.0. The van der Waals surface area contributed by atoms with Gasteiger partial charge in [0.05, 0.1) is 0 Å². The van der Waals surface area contributed by atoms with Crippen molar-refractivity contribution in [3.8, 4) is 67.9 Å². The van der Waals surface area contributed by atoms with Gasteiger partial charge in [0.1, 0.15) is 5.52 Å². The number of nitrogens with zero attached hydrogens (tertiary/aromatic N) is 4. The lowest BCUT2D eigenvalue weighted by molar-refractivity contribution is 0.623. The van der Waals surface area contributed by atoms with Crippen molar-refractivity contribution in [3.63, 3.8) is 0 Å². The van der Waals surface area contributed by atoms with Crippen LogP contribution in [0.4, 0.5) is 0 Å². The second-order valence-electron chi connectivity index (χ2n) is 16.2. The summed E-state index contributed by atoms with van der Waals surface area (Å²) in [5, 5.41) is 6.40. The average molecular weight is 769 g/mol. The van der Waals surface area contributed by atoms with E-state index in [-0.39, 0.29) is 5.41 Å². The van der Waals surface area contributed by atoms with Crippen molar-refractivity contribution in [3.05, 3.63) is 193 Å². The molecule has 0 radical (unpaired) electrons. The lowest BCUT2D eigenvalue weighted by Gasteiger charge is -2.21. The third-order valence-corrected chi connectivity index (χ3v) is 12.3. The Balaban J connectivity index is 1.11. The summed E-state index contributed by atoms with van der Waals surface area (Å²) < 4.78 is 6.69. The number of aromatic nitrogens is 4. The van der Waals surface area contributed by atoms with Gasteiger partial charge in [-0.3, -0.25) is 0 Å². The maximum atomic E-state index is 6.69. The molecule has 60 heavy (non-hydrogen) atoms. The van der Waals surface area contributed by atoms with Gasteiger partial charge < -0.3 is 4.42 Å². The average Bonchev–Trinajstić information content (AvgIpc) is 3.85. The van der Waals surface area contributed by atoms with Crippen molar-refractivity contribution in [2.24, 2.45) is 0 Å². The number of rotatable bonds is 5. The fourth-order valence-corrected chi connectivity index (χ4v) is 9.31. The van der Waals surface area contributed by atoms with Crippen molar-refractivity contribution in [1.29, 1.82) is 0 Å². The maximum Gasteiger partial charge on any atom is 0.227 e. The summed E-state index contributed by atoms with van der Waals surface area (Å²) in [6.45, 7) is 4.61. The van der Waals surface area contributed by atoms with Crippen LogP contribution in [0.5, 0.6) is 0 Å². The molecule has 1 aliphatic carbocycles. The number of hydrogen-bond acceptors (Lipinski definition) is 5. The van der Waals surface area contributed by atoms with Crippen LogP contribution in [0.1, 0.15) is 25.0 Å². The number of oxazole rings is 1. The van der Waals surface area contributed by atoms with E-state index in [2.05, 4.69) is 159 Å². The molecule has 0 fully saturated rings. The molecule has 5 heteroatoms. The van der Waals surface area contributed by atoms with E-state index in [0.717, 1.165) is 76.8 Å². The van der Waals surface area contributed by atoms with Gasteiger partial charge in [0, 0.05) is 38.4 Å². The van der Waals surface area contributed by atoms with Gasteiger partial charge in [-0.15, -0.1) is 0 Å². The zero-order valence-corrected chi connectivity index (χ0v) is 33.0. The van der Waals surface area contributed by atoms with Crippen molar-refractivity contribution in [2.45, 2.75) is 19.3 Å². The van der Waals surface area contributed by atoms with Gasteiger partial charge in [0.15, 0.2) is 23.1 Å². The summed E-state index contributed by atoms with van der Waals surface area (Å²) in [5.41, 5.74) is 12.6. The molecular weight excluding hydrogens is 733 g/mol. The third kappa shape index (κ3) is 5.33. The SMILES string of the molecule is CC1(C)c2ccccc2-c2ccc(-c3nc(-c4ccc(-c5ccccc5)cc4)nc(-c4cc5ccccc5c5c4ccc4ccc6nc(-c7ccccc7)oc6c45)n3)cc21. The highest BCUT2D eigenvalue weighted by Gasteiger charge is 2.35. The second-order valence-corrected chi connectivity index (χ2v) is 16.2. The highest BCUT2D eigenvalue weighted by atomic mass is 16.3. The molecule has 0 bridgehead atoms. The second kappa shape index (κ2) is 13.1. The zero-order valence-electron chi connectivity index (χ0n) is 33.0. The molecule has 0 atom stereocenters. The molecule has 2 heterocycles. The molecule has 0 amide bonds. The van der Waals surface area contributed by atoms with E-state index < -0.39 is 0 Å². The molecule has 282 valence electrons. The van der Waals surface area contributed by atoms with Crippen LogP contribution in [0.2, 0.25) is 0 Å². The summed E-state index contributed by atoms with van der Waals surface area (Å²) in [6, 6.07) is 63.8. The Morgan fingerprint density at radius 3 is 1.82 bits per heavy atom. The molecular formula is C55H36N4O. The standard InChI is InChI=1S/C55H36N4O/c1-55(2)45-20-12-11-19-41(45)42-28-26-39(32-46(42)55)52-57-51(36-23-21-34(22-24-36)33-13-5-3-6-14-33)58-53(59-52)44-31-38-17-9-10-18-40(38)49-43(44)29-25-35-27-30-47-50(48(35)49)60-54(56-47)37-15-7-4-8-16-37/h3-32H,1-2H3. The molecule has 0 aliphatic heterocycles. The Hall–Kier alpha value is -7.76. The minimum atomic E-state index is -0.171. The maximum absolute atomic E-state index is 6.69. The van der Waals surface area contributed by atoms with Crippen LogP contribution in [-0.4, -0.2) is 19.9 Å². The van der Waals surface area contributed by atoms with Gasteiger partial charge in [0.25, 0.3) is 0 Å². The predicted octanol–water partition coefficient (Wildman–Crippen LogP) is 14.1. The first-order chi connectivity index (χ1) is 29.5. The largest absolute Gasteiger partial charge is 0.435 e. The van der Waals surface area contributed by atoms with Crippen LogP contribution in [0.25, 0.3) is 111 Å². The van der Waals surface area contributed by atoms with Gasteiger partial charge in [-0.2, -0.15) is 0 Å². The minimum Gasteiger partial charge on any atom is -0.435 e. The molecule has 11 aromatic rings. The van der Waals surface area contributed by atoms with Crippen molar-refractivity contribution < 1.29 is 4.42 Å². The molecule has 0 saturated carbocycles. The van der Waals surface area contributed by atoms with E-state index in [1.165, 1.54) is 22.3 Å². The lowest BCUT2D eigenvalue weighted by Crippen LogP contribution is -2.15. The molecule has 0 saturated heterocycles. The molecule has 0 spiro atoms. The monoisotopic (exact) mass is 768 g/mol. The highest BCUT2D eigenvalue weighted by Crippen LogP contribution is 2.49. The fraction of sp³-hybridized carbons (Fsp3) is 0.0545. The number of fused-ring (bicyclic) bond motifs is 10. The highest BCUT2D eigenvalue weighted by molar-refractivity contribution is 6.28. The number of benzene rings is 9. The Morgan fingerprint density at radius 2 is 1.00 bits per heavy atom. The van der Waals surface area contributed by atoms with E-state index in [4.69, 9.17) is 24.4 Å². The smallest absolute Gasteiger partial charge is 0.227 e. The van der Waals surface area contributed by atoms with Crippen molar-refractivity contribution in [2.75, 3.05) is 0 Å². The van der Waals surface area contributed by atoms with E-state index in [1.54, 1.807) is 0 Å². The van der Waals surface area contributed by atoms with Crippen LogP contribution in [0.15, 0.2) is 186 Å². The molecule has 9 aromatic carbocycles. The summed E-state index contributed by atoms with van der Waals surface area (Å²) in [5.74, 6) is 2.45. The molecule has 2 aromatic heterocycles. The summed E-state index contributed by atoms with van der Waals surface area (Å²) in [4.78, 5) is 20.9. The Bertz CT molecular complexity index is 3500. The van der Waals surface area contributed by atoms with Crippen LogP contribution >= 0.6 is 0 Å². The van der Waals surface area contributed by atoms with Gasteiger partial charge >= 0.3 is 0 Å². The quantitative estimate of drug-likeness (QED) is 0.163. The lowest BCUT2D eigenvalue weighted by atomic mass is 9.82. The fourth-order valence-electron chi connectivity index (χ4n) is 9.31. The summed E-state index contributed by atoms with van der Waals surface area (Å²) in [7, 11) is 0. The van der Waals surface area contributed by atoms with Gasteiger partial charge in [-0.25, -0.2) is 19.9 Å². The molecule has 0 N–H and O–H groups in total. The normalized spacial score (nSPS) is 13.0. The van der Waals surface area contributed by atoms with Gasteiger partial charge in [-0.05, 0) is 85.3 Å². The Labute approximate surface area is 346 Å². The van der Waals surface area contributed by atoms with E-state index in [0.29, 0.717) is 23.4 Å². The van der Waals surface area contributed by atoms with Gasteiger partial charge in [0.2, 0.25) is 5.89 Å². The third-order valence-electron chi connectivity index (χ3n) is 12.3. The van der Waals surface area contributed by atoms with Crippen molar-refractivity contribution >= 4 is 43.4 Å². The van der Waals surface area contributed by atoms with Crippen LogP contribution in [-0.2, 0) is 5.41 Å². The minimum absolute atomic E-state index is 0.171. The molecule has 1 aliphatic rings. The van der Waals surface area contributed by atoms with Crippen LogP contribution in [0.3, 0.4) is 0 Å².